The second kappa shape index (κ2) is 10.1. The first-order valence-corrected chi connectivity index (χ1v) is 6.92. The van der Waals surface area contributed by atoms with Crippen LogP contribution in [0, 0.1) is 5.82 Å². The molecule has 1 aromatic carbocycles. The van der Waals surface area contributed by atoms with Crippen molar-refractivity contribution in [3.05, 3.63) is 54.4 Å². The number of rotatable bonds is 6. The molecule has 5 nitrogen and oxygen atoms in total. The summed E-state index contributed by atoms with van der Waals surface area (Å²) in [5, 5.41) is 6.47. The van der Waals surface area contributed by atoms with E-state index in [1.54, 1.807) is 31.7 Å². The summed E-state index contributed by atoms with van der Waals surface area (Å²) in [5.74, 6) is 0.556. The molecule has 1 aromatic heterocycles. The van der Waals surface area contributed by atoms with Crippen LogP contribution < -0.4 is 10.6 Å². The molecule has 0 unspecified atom stereocenters. The maximum Gasteiger partial charge on any atom is 0.191 e. The molecule has 7 heteroatoms. The molecule has 22 heavy (non-hydrogen) atoms. The largest absolute Gasteiger partial charge is 0.356 e. The Balaban J connectivity index is 0.00000242. The van der Waals surface area contributed by atoms with Crippen molar-refractivity contribution in [1.29, 1.82) is 0 Å². The number of nitrogens with zero attached hydrogens (tertiary/aromatic N) is 3. The minimum Gasteiger partial charge on any atom is -0.356 e. The van der Waals surface area contributed by atoms with Crippen molar-refractivity contribution in [3.8, 4) is 0 Å². The number of imidazole rings is 1. The van der Waals surface area contributed by atoms with Gasteiger partial charge in [-0.1, -0.05) is 12.1 Å². The molecule has 2 rings (SSSR count). The van der Waals surface area contributed by atoms with Crippen molar-refractivity contribution in [2.24, 2.45) is 4.99 Å². The van der Waals surface area contributed by atoms with Crippen LogP contribution in [0.5, 0.6) is 0 Å². The van der Waals surface area contributed by atoms with E-state index < -0.39 is 0 Å². The van der Waals surface area contributed by atoms with Crippen molar-refractivity contribution in [2.75, 3.05) is 20.1 Å². The second-order valence-corrected chi connectivity index (χ2v) is 4.60. The second-order valence-electron chi connectivity index (χ2n) is 4.60. The van der Waals surface area contributed by atoms with Crippen molar-refractivity contribution in [3.63, 3.8) is 0 Å². The van der Waals surface area contributed by atoms with Crippen LogP contribution in [0.25, 0.3) is 0 Å². The highest BCUT2D eigenvalue weighted by Crippen LogP contribution is 2.02. The van der Waals surface area contributed by atoms with Gasteiger partial charge in [0.15, 0.2) is 5.96 Å². The molecule has 0 atom stereocenters. The highest BCUT2D eigenvalue weighted by Gasteiger charge is 1.98. The minimum absolute atomic E-state index is 0. The molecular weight excluding hydrogens is 396 g/mol. The molecule has 0 fully saturated rings. The van der Waals surface area contributed by atoms with E-state index in [-0.39, 0.29) is 29.8 Å². The number of halogens is 2. The first kappa shape index (κ1) is 18.4. The Morgan fingerprint density at radius 1 is 1.23 bits per heavy atom. The molecule has 0 aliphatic carbocycles. The van der Waals surface area contributed by atoms with Gasteiger partial charge in [0, 0.05) is 39.1 Å². The van der Waals surface area contributed by atoms with E-state index in [4.69, 9.17) is 0 Å². The first-order valence-electron chi connectivity index (χ1n) is 6.92. The van der Waals surface area contributed by atoms with Gasteiger partial charge in [0.25, 0.3) is 0 Å². The van der Waals surface area contributed by atoms with Crippen LogP contribution in [-0.2, 0) is 13.0 Å². The molecule has 0 aliphatic rings. The Kier molecular flexibility index (Phi) is 8.49. The van der Waals surface area contributed by atoms with Crippen LogP contribution in [0.15, 0.2) is 48.0 Å². The normalized spacial score (nSPS) is 10.9. The number of benzene rings is 1. The fourth-order valence-corrected chi connectivity index (χ4v) is 1.92. The van der Waals surface area contributed by atoms with Crippen LogP contribution in [0.3, 0.4) is 0 Å². The predicted molar refractivity (Wildman–Crippen MR) is 97.1 cm³/mol. The van der Waals surface area contributed by atoms with E-state index in [9.17, 15) is 4.39 Å². The third-order valence-corrected chi connectivity index (χ3v) is 3.06. The highest BCUT2D eigenvalue weighted by atomic mass is 127. The van der Waals surface area contributed by atoms with Gasteiger partial charge in [0.1, 0.15) is 5.82 Å². The summed E-state index contributed by atoms with van der Waals surface area (Å²) in [6.45, 7) is 2.35. The number of guanidine groups is 1. The Morgan fingerprint density at radius 3 is 2.59 bits per heavy atom. The Bertz CT molecular complexity index is 554. The van der Waals surface area contributed by atoms with Crippen molar-refractivity contribution in [1.82, 2.24) is 20.2 Å². The standard InChI is InChI=1S/C15H20FN5.HI/c1-17-15(20-9-11-21-10-8-18-12-21)19-7-6-13-2-4-14(16)5-3-13;/h2-5,8,10,12H,6-7,9,11H2,1H3,(H2,17,19,20);1H. The van der Waals surface area contributed by atoms with Gasteiger partial charge in [0.05, 0.1) is 6.33 Å². The van der Waals surface area contributed by atoms with Crippen molar-refractivity contribution < 1.29 is 4.39 Å². The summed E-state index contributed by atoms with van der Waals surface area (Å²) in [6.07, 6.45) is 6.29. The lowest BCUT2D eigenvalue weighted by atomic mass is 10.1. The Morgan fingerprint density at radius 2 is 1.95 bits per heavy atom. The fraction of sp³-hybridized carbons (Fsp3) is 0.333. The van der Waals surface area contributed by atoms with Crippen LogP contribution in [0.1, 0.15) is 5.56 Å². The molecule has 120 valence electrons. The number of aromatic nitrogens is 2. The zero-order chi connectivity index (χ0) is 14.9. The van der Waals surface area contributed by atoms with E-state index in [1.807, 2.05) is 10.8 Å². The van der Waals surface area contributed by atoms with Crippen molar-refractivity contribution in [2.45, 2.75) is 13.0 Å². The van der Waals surface area contributed by atoms with E-state index in [0.717, 1.165) is 37.6 Å². The highest BCUT2D eigenvalue weighted by molar-refractivity contribution is 14.0. The van der Waals surface area contributed by atoms with E-state index in [0.29, 0.717) is 0 Å². The Hall–Kier alpha value is -1.64. The van der Waals surface area contributed by atoms with Crippen LogP contribution >= 0.6 is 24.0 Å². The number of hydrogen-bond acceptors (Lipinski definition) is 2. The summed E-state index contributed by atoms with van der Waals surface area (Å²) < 4.78 is 14.8. The molecule has 0 saturated heterocycles. The fourth-order valence-electron chi connectivity index (χ4n) is 1.92. The molecule has 1 heterocycles. The third kappa shape index (κ3) is 6.42. The zero-order valence-corrected chi connectivity index (χ0v) is 14.8. The molecular formula is C15H21FIN5. The van der Waals surface area contributed by atoms with Gasteiger partial charge in [0.2, 0.25) is 0 Å². The van der Waals surface area contributed by atoms with Gasteiger partial charge in [-0.2, -0.15) is 0 Å². The van der Waals surface area contributed by atoms with Crippen LogP contribution in [0.2, 0.25) is 0 Å². The number of hydrogen-bond donors (Lipinski definition) is 2. The van der Waals surface area contributed by atoms with Gasteiger partial charge < -0.3 is 15.2 Å². The lowest BCUT2D eigenvalue weighted by Gasteiger charge is -2.12. The molecule has 2 aromatic rings. The molecule has 0 radical (unpaired) electrons. The van der Waals surface area contributed by atoms with Crippen LogP contribution in [0.4, 0.5) is 4.39 Å². The van der Waals surface area contributed by atoms with Crippen LogP contribution in [-0.4, -0.2) is 35.6 Å². The van der Waals surface area contributed by atoms with Crippen molar-refractivity contribution >= 4 is 29.9 Å². The van der Waals surface area contributed by atoms with E-state index in [2.05, 4.69) is 20.6 Å². The average molecular weight is 417 g/mol. The molecule has 0 aliphatic heterocycles. The summed E-state index contributed by atoms with van der Waals surface area (Å²) in [4.78, 5) is 8.15. The molecule has 0 spiro atoms. The summed E-state index contributed by atoms with van der Waals surface area (Å²) >= 11 is 0. The summed E-state index contributed by atoms with van der Waals surface area (Å²) in [6, 6.07) is 6.56. The van der Waals surface area contributed by atoms with Gasteiger partial charge in [-0.3, -0.25) is 4.99 Å². The van der Waals surface area contributed by atoms with Gasteiger partial charge in [-0.05, 0) is 24.1 Å². The zero-order valence-electron chi connectivity index (χ0n) is 12.5. The molecule has 0 bridgehead atoms. The van der Waals surface area contributed by atoms with Gasteiger partial charge in [-0.25, -0.2) is 9.37 Å². The Labute approximate surface area is 147 Å². The third-order valence-electron chi connectivity index (χ3n) is 3.06. The molecule has 0 amide bonds. The van der Waals surface area contributed by atoms with Gasteiger partial charge >= 0.3 is 0 Å². The summed E-state index contributed by atoms with van der Waals surface area (Å²) in [7, 11) is 1.74. The summed E-state index contributed by atoms with van der Waals surface area (Å²) in [5.41, 5.74) is 1.10. The number of nitrogens with one attached hydrogen (secondary N) is 2. The molecule has 2 N–H and O–H groups in total. The number of aliphatic imine (C=N–C) groups is 1. The van der Waals surface area contributed by atoms with E-state index in [1.165, 1.54) is 12.1 Å². The van der Waals surface area contributed by atoms with E-state index >= 15 is 0 Å². The SMILES string of the molecule is CN=C(NCCc1ccc(F)cc1)NCCn1ccnc1.I. The monoisotopic (exact) mass is 417 g/mol. The lowest BCUT2D eigenvalue weighted by molar-refractivity contribution is 0.626. The quantitative estimate of drug-likeness (QED) is 0.430. The predicted octanol–water partition coefficient (Wildman–Crippen LogP) is 2.05. The van der Waals surface area contributed by atoms with Gasteiger partial charge in [-0.15, -0.1) is 24.0 Å². The topological polar surface area (TPSA) is 54.2 Å². The average Bonchev–Trinajstić information content (AvgIpc) is 3.01. The molecule has 0 saturated carbocycles. The minimum atomic E-state index is -0.205. The smallest absolute Gasteiger partial charge is 0.191 e. The first-order chi connectivity index (χ1) is 10.3. The maximum atomic E-state index is 12.8. The maximum absolute atomic E-state index is 12.8. The lowest BCUT2D eigenvalue weighted by Crippen LogP contribution is -2.39.